The molecule has 0 aliphatic carbocycles. The average Bonchev–Trinajstić information content (AvgIpc) is 3.45. The molecule has 9 nitrogen and oxygen atoms in total. The number of hydrogen-bond acceptors (Lipinski definition) is 7. The van der Waals surface area contributed by atoms with Gasteiger partial charge >= 0.3 is 0 Å². The number of pyridine rings is 1. The molecule has 9 heteroatoms. The van der Waals surface area contributed by atoms with Crippen molar-refractivity contribution >= 4 is 22.7 Å². The summed E-state index contributed by atoms with van der Waals surface area (Å²) in [4.78, 5) is 19.5. The molecule has 0 amide bonds. The van der Waals surface area contributed by atoms with Crippen molar-refractivity contribution in [2.24, 2.45) is 0 Å². The van der Waals surface area contributed by atoms with E-state index in [2.05, 4.69) is 87.7 Å². The van der Waals surface area contributed by atoms with Crippen LogP contribution in [0.15, 0.2) is 43.1 Å². The van der Waals surface area contributed by atoms with Crippen LogP contribution >= 0.6 is 0 Å². The lowest BCUT2D eigenvalue weighted by molar-refractivity contribution is 0.405. The second-order valence-corrected chi connectivity index (χ2v) is 9.17. The van der Waals surface area contributed by atoms with E-state index in [4.69, 9.17) is 4.98 Å². The zero-order chi connectivity index (χ0) is 22.9. The van der Waals surface area contributed by atoms with E-state index in [1.807, 2.05) is 17.1 Å². The lowest BCUT2D eigenvalue weighted by atomic mass is 10.1. The summed E-state index contributed by atoms with van der Waals surface area (Å²) in [6, 6.07) is 7.41. The molecule has 0 spiro atoms. The third kappa shape index (κ3) is 4.41. The smallest absolute Gasteiger partial charge is 0.143 e. The summed E-state index contributed by atoms with van der Waals surface area (Å²) in [5.74, 6) is 1.80. The molecule has 2 atom stereocenters. The Bertz CT molecular complexity index is 1230. The van der Waals surface area contributed by atoms with Crippen molar-refractivity contribution in [3.63, 3.8) is 0 Å². The number of nitrogens with one attached hydrogen (secondary N) is 3. The van der Waals surface area contributed by atoms with Crippen LogP contribution in [0, 0.1) is 0 Å². The molecular formula is C24H31N9. The first-order valence-electron chi connectivity index (χ1n) is 11.6. The fraction of sp³-hybridized carbons (Fsp3) is 0.417. The van der Waals surface area contributed by atoms with Crippen LogP contribution < -0.4 is 15.5 Å². The number of rotatable bonds is 6. The summed E-state index contributed by atoms with van der Waals surface area (Å²) in [6.07, 6.45) is 7.50. The molecule has 0 aromatic carbocycles. The first kappa shape index (κ1) is 21.4. The molecule has 1 saturated heterocycles. The van der Waals surface area contributed by atoms with Gasteiger partial charge in [-0.3, -0.25) is 4.68 Å². The SMILES string of the molecule is CC(C)n1cc(-c2c[nH]c3ncnc(NCc4cccc(N5C[C@@H](C)N[C@@H](C)C5)n4)c23)cn1. The maximum atomic E-state index is 4.92. The first-order valence-corrected chi connectivity index (χ1v) is 11.6. The largest absolute Gasteiger partial charge is 0.364 e. The minimum Gasteiger partial charge on any atom is -0.364 e. The molecule has 33 heavy (non-hydrogen) atoms. The molecule has 172 valence electrons. The van der Waals surface area contributed by atoms with E-state index in [1.165, 1.54) is 0 Å². The Kier molecular flexibility index (Phi) is 5.72. The minimum absolute atomic E-state index is 0.304. The number of piperazine rings is 1. The average molecular weight is 446 g/mol. The Morgan fingerprint density at radius 1 is 1.15 bits per heavy atom. The lowest BCUT2D eigenvalue weighted by Gasteiger charge is -2.37. The number of anilines is 2. The van der Waals surface area contributed by atoms with Gasteiger partial charge in [0.2, 0.25) is 0 Å². The molecule has 4 aromatic rings. The van der Waals surface area contributed by atoms with Crippen LogP contribution in [0.25, 0.3) is 22.2 Å². The van der Waals surface area contributed by atoms with Gasteiger partial charge in [-0.25, -0.2) is 15.0 Å². The number of H-pyrrole nitrogens is 1. The second kappa shape index (κ2) is 8.82. The molecule has 1 aliphatic heterocycles. The topological polar surface area (TPSA) is 99.6 Å². The molecule has 4 aromatic heterocycles. The molecule has 1 fully saturated rings. The van der Waals surface area contributed by atoms with Crippen molar-refractivity contribution in [1.82, 2.24) is 35.0 Å². The molecule has 0 bridgehead atoms. The summed E-state index contributed by atoms with van der Waals surface area (Å²) in [7, 11) is 0. The van der Waals surface area contributed by atoms with Crippen molar-refractivity contribution in [2.45, 2.75) is 52.4 Å². The van der Waals surface area contributed by atoms with Gasteiger partial charge in [-0.15, -0.1) is 0 Å². The molecule has 3 N–H and O–H groups in total. The zero-order valence-electron chi connectivity index (χ0n) is 19.6. The fourth-order valence-corrected chi connectivity index (χ4v) is 4.51. The fourth-order valence-electron chi connectivity index (χ4n) is 4.51. The van der Waals surface area contributed by atoms with Gasteiger partial charge in [-0.2, -0.15) is 5.10 Å². The standard InChI is InChI=1S/C24H31N9/c1-15(2)33-13-18(8-29-33)20-10-26-24-22(20)23(27-14-28-24)25-9-19-6-5-7-21(31-19)32-11-16(3)30-17(4)12-32/h5-8,10,13-17,30H,9,11-12H2,1-4H3,(H2,25,26,27,28)/t16-,17+. The van der Waals surface area contributed by atoms with Crippen LogP contribution in [-0.4, -0.2) is 54.9 Å². The normalized spacial score (nSPS) is 18.9. The predicted octanol–water partition coefficient (Wildman–Crippen LogP) is 3.60. The third-order valence-corrected chi connectivity index (χ3v) is 6.02. The Balaban J connectivity index is 1.39. The highest BCUT2D eigenvalue weighted by Gasteiger charge is 2.22. The van der Waals surface area contributed by atoms with E-state index in [-0.39, 0.29) is 0 Å². The third-order valence-electron chi connectivity index (χ3n) is 6.02. The molecule has 0 saturated carbocycles. The van der Waals surface area contributed by atoms with Crippen molar-refractivity contribution in [3.8, 4) is 11.1 Å². The highest BCUT2D eigenvalue weighted by atomic mass is 15.3. The number of hydrogen-bond donors (Lipinski definition) is 3. The lowest BCUT2D eigenvalue weighted by Crippen LogP contribution is -2.54. The Hall–Kier alpha value is -3.46. The summed E-state index contributed by atoms with van der Waals surface area (Å²) in [5, 5.41) is 12.5. The van der Waals surface area contributed by atoms with E-state index in [0.29, 0.717) is 24.7 Å². The van der Waals surface area contributed by atoms with Gasteiger partial charge in [0.15, 0.2) is 0 Å². The van der Waals surface area contributed by atoms with E-state index in [9.17, 15) is 0 Å². The second-order valence-electron chi connectivity index (χ2n) is 9.17. The summed E-state index contributed by atoms with van der Waals surface area (Å²) >= 11 is 0. The number of aromatic nitrogens is 6. The van der Waals surface area contributed by atoms with Gasteiger partial charge in [0.25, 0.3) is 0 Å². The highest BCUT2D eigenvalue weighted by molar-refractivity contribution is 6.00. The van der Waals surface area contributed by atoms with Gasteiger partial charge in [-0.1, -0.05) is 6.07 Å². The molecule has 1 aliphatic rings. The van der Waals surface area contributed by atoms with Crippen LogP contribution in [0.1, 0.15) is 39.4 Å². The van der Waals surface area contributed by atoms with Gasteiger partial charge in [0, 0.05) is 54.7 Å². The molecule has 5 rings (SSSR count). The van der Waals surface area contributed by atoms with E-state index < -0.39 is 0 Å². The summed E-state index contributed by atoms with van der Waals surface area (Å²) in [5.41, 5.74) is 3.84. The van der Waals surface area contributed by atoms with Crippen LogP contribution in [0.5, 0.6) is 0 Å². The monoisotopic (exact) mass is 445 g/mol. The van der Waals surface area contributed by atoms with Crippen LogP contribution in [-0.2, 0) is 6.54 Å². The molecule has 5 heterocycles. The molecule has 0 radical (unpaired) electrons. The van der Waals surface area contributed by atoms with Gasteiger partial charge in [-0.05, 0) is 39.8 Å². The number of aromatic amines is 1. The summed E-state index contributed by atoms with van der Waals surface area (Å²) in [6.45, 7) is 11.2. The molecule has 0 unspecified atom stereocenters. The van der Waals surface area contributed by atoms with E-state index in [0.717, 1.165) is 52.6 Å². The maximum absolute atomic E-state index is 4.92. The van der Waals surface area contributed by atoms with Gasteiger partial charge in [0.1, 0.15) is 23.6 Å². The Labute approximate surface area is 193 Å². The van der Waals surface area contributed by atoms with Crippen LogP contribution in [0.4, 0.5) is 11.6 Å². The maximum Gasteiger partial charge on any atom is 0.143 e. The predicted molar refractivity (Wildman–Crippen MR) is 131 cm³/mol. The highest BCUT2D eigenvalue weighted by Crippen LogP contribution is 2.32. The minimum atomic E-state index is 0.304. The first-order chi connectivity index (χ1) is 16.0. The van der Waals surface area contributed by atoms with E-state index >= 15 is 0 Å². The zero-order valence-corrected chi connectivity index (χ0v) is 19.6. The quantitative estimate of drug-likeness (QED) is 0.417. The van der Waals surface area contributed by atoms with Gasteiger partial charge in [0.05, 0.1) is 23.8 Å². The van der Waals surface area contributed by atoms with Gasteiger partial charge < -0.3 is 20.5 Å². The Morgan fingerprint density at radius 2 is 1.97 bits per heavy atom. The van der Waals surface area contributed by atoms with Crippen molar-refractivity contribution in [3.05, 3.63) is 48.8 Å². The number of fused-ring (bicyclic) bond motifs is 1. The molecular weight excluding hydrogens is 414 g/mol. The van der Waals surface area contributed by atoms with Crippen LogP contribution in [0.2, 0.25) is 0 Å². The summed E-state index contributed by atoms with van der Waals surface area (Å²) < 4.78 is 1.96. The van der Waals surface area contributed by atoms with Crippen LogP contribution in [0.3, 0.4) is 0 Å². The van der Waals surface area contributed by atoms with Crippen molar-refractivity contribution < 1.29 is 0 Å². The Morgan fingerprint density at radius 3 is 2.73 bits per heavy atom. The number of nitrogens with zero attached hydrogens (tertiary/aromatic N) is 6. The van der Waals surface area contributed by atoms with Crippen molar-refractivity contribution in [2.75, 3.05) is 23.3 Å². The van der Waals surface area contributed by atoms with E-state index in [1.54, 1.807) is 6.33 Å². The van der Waals surface area contributed by atoms with Crippen molar-refractivity contribution in [1.29, 1.82) is 0 Å².